The molecule has 4 atom stereocenters. The van der Waals surface area contributed by atoms with Crippen molar-refractivity contribution in [2.75, 3.05) is 0 Å². The third kappa shape index (κ3) is 2.11. The molecule has 0 amide bonds. The van der Waals surface area contributed by atoms with Crippen molar-refractivity contribution in [3.05, 3.63) is 0 Å². The molecule has 4 unspecified atom stereocenters. The van der Waals surface area contributed by atoms with Crippen molar-refractivity contribution >= 4 is 69.6 Å². The van der Waals surface area contributed by atoms with Crippen molar-refractivity contribution in [1.29, 1.82) is 0 Å². The highest BCUT2D eigenvalue weighted by atomic mass is 35.5. The van der Waals surface area contributed by atoms with Gasteiger partial charge in [-0.2, -0.15) is 0 Å². The number of hydrogen-bond donors (Lipinski definition) is 0. The average molecular weight is 309 g/mol. The molecule has 1 aliphatic carbocycles. The molecule has 0 aromatic rings. The van der Waals surface area contributed by atoms with Gasteiger partial charge in [0.05, 0.1) is 16.1 Å². The average Bonchev–Trinajstić information content (AvgIpc) is 2.09. The van der Waals surface area contributed by atoms with E-state index >= 15 is 0 Å². The van der Waals surface area contributed by atoms with Crippen LogP contribution in [0, 0.1) is 0 Å². The number of rotatable bonds is 0. The Bertz CT molecular complexity index is 180. The summed E-state index contributed by atoms with van der Waals surface area (Å²) in [6.45, 7) is 0. The third-order valence-electron chi connectivity index (χ3n) is 1.90. The van der Waals surface area contributed by atoms with Crippen LogP contribution in [0.4, 0.5) is 4.39 Å². The molecule has 0 aliphatic heterocycles. The normalized spacial score (nSPS) is 57.9. The van der Waals surface area contributed by atoms with Gasteiger partial charge in [0.2, 0.25) is 5.13 Å². The second-order valence-electron chi connectivity index (χ2n) is 2.81. The largest absolute Gasteiger partial charge is 0.223 e. The van der Waals surface area contributed by atoms with Gasteiger partial charge in [0.25, 0.3) is 0 Å². The Balaban J connectivity index is 2.93. The zero-order chi connectivity index (χ0) is 10.4. The Morgan fingerprint density at radius 2 is 1.08 bits per heavy atom. The summed E-state index contributed by atoms with van der Waals surface area (Å²) in [5.41, 5.74) is 0. The molecule has 1 rings (SSSR count). The van der Waals surface area contributed by atoms with Crippen LogP contribution in [0.15, 0.2) is 0 Å². The maximum Gasteiger partial charge on any atom is 0.218 e. The summed E-state index contributed by atoms with van der Waals surface area (Å²) < 4.78 is 13.6. The summed E-state index contributed by atoms with van der Waals surface area (Å²) in [4.78, 5) is 0. The quantitative estimate of drug-likeness (QED) is 0.595. The fourth-order valence-corrected chi connectivity index (χ4v) is 3.32. The van der Waals surface area contributed by atoms with E-state index in [9.17, 15) is 4.39 Å². The van der Waals surface area contributed by atoms with E-state index in [1.54, 1.807) is 0 Å². The molecule has 0 aromatic heterocycles. The van der Waals surface area contributed by atoms with Gasteiger partial charge in [-0.05, 0) is 0 Å². The van der Waals surface area contributed by atoms with Gasteiger partial charge in [-0.1, -0.05) is 11.6 Å². The van der Waals surface area contributed by atoms with Crippen LogP contribution in [-0.4, -0.2) is 32.0 Å². The molecule has 7 heteroatoms. The lowest BCUT2D eigenvalue weighted by atomic mass is 9.95. The van der Waals surface area contributed by atoms with Crippen LogP contribution < -0.4 is 0 Å². The Hall–Kier alpha value is 1.67. The van der Waals surface area contributed by atoms with E-state index < -0.39 is 32.0 Å². The van der Waals surface area contributed by atoms with Gasteiger partial charge in [0.1, 0.15) is 10.8 Å². The van der Waals surface area contributed by atoms with Gasteiger partial charge >= 0.3 is 0 Å². The standard InChI is InChI=1S/C6H5Cl6F/c7-1-2(8)4(10)6(12,13)5(11)3(1)9/h1-5H. The Kier molecular flexibility index (Phi) is 4.18. The monoisotopic (exact) mass is 306 g/mol. The molecule has 0 aromatic carbocycles. The molecule has 0 radical (unpaired) electrons. The molecule has 0 heterocycles. The summed E-state index contributed by atoms with van der Waals surface area (Å²) in [7, 11) is 0. The smallest absolute Gasteiger partial charge is 0.218 e. The van der Waals surface area contributed by atoms with Crippen molar-refractivity contribution in [3.8, 4) is 0 Å². The van der Waals surface area contributed by atoms with Crippen molar-refractivity contribution in [2.45, 2.75) is 32.0 Å². The fraction of sp³-hybridized carbons (Fsp3) is 1.00. The third-order valence-corrected chi connectivity index (χ3v) is 5.88. The van der Waals surface area contributed by atoms with Crippen molar-refractivity contribution in [3.63, 3.8) is 0 Å². The van der Waals surface area contributed by atoms with Gasteiger partial charge in [0.15, 0.2) is 0 Å². The lowest BCUT2D eigenvalue weighted by Gasteiger charge is -2.41. The van der Waals surface area contributed by atoms with Gasteiger partial charge in [-0.15, -0.1) is 58.0 Å². The summed E-state index contributed by atoms with van der Waals surface area (Å²) in [6, 6.07) is 0. The van der Waals surface area contributed by atoms with E-state index in [4.69, 9.17) is 69.6 Å². The van der Waals surface area contributed by atoms with E-state index in [0.717, 1.165) is 0 Å². The highest BCUT2D eigenvalue weighted by Crippen LogP contribution is 2.47. The molecule has 1 aliphatic rings. The molecule has 1 fully saturated rings. The van der Waals surface area contributed by atoms with E-state index in [1.165, 1.54) is 0 Å². The molecule has 78 valence electrons. The van der Waals surface area contributed by atoms with Gasteiger partial charge < -0.3 is 0 Å². The van der Waals surface area contributed by atoms with Crippen LogP contribution >= 0.6 is 69.6 Å². The van der Waals surface area contributed by atoms with Crippen molar-refractivity contribution in [1.82, 2.24) is 0 Å². The maximum atomic E-state index is 13.6. The summed E-state index contributed by atoms with van der Waals surface area (Å²) in [6.07, 6.45) is 0. The molecule has 0 nitrogen and oxygen atoms in total. The Labute approximate surface area is 106 Å². The molecule has 0 N–H and O–H groups in total. The SMILES string of the molecule is FC1(Cl)C(Cl)C(Cl)C(Cl)C(Cl)C1Cl. The minimum Gasteiger partial charge on any atom is -0.223 e. The zero-order valence-electron chi connectivity index (χ0n) is 6.03. The highest BCUT2D eigenvalue weighted by molar-refractivity contribution is 6.46. The number of halogens is 7. The summed E-state index contributed by atoms with van der Waals surface area (Å²) in [5, 5.41) is -7.03. The molecule has 1 saturated carbocycles. The van der Waals surface area contributed by atoms with Gasteiger partial charge in [0, 0.05) is 0 Å². The molecule has 0 bridgehead atoms. The second kappa shape index (κ2) is 4.27. The minimum absolute atomic E-state index is 0.698. The number of alkyl halides is 7. The predicted octanol–water partition coefficient (Wildman–Crippen LogP) is 3.94. The van der Waals surface area contributed by atoms with Crippen LogP contribution in [0.25, 0.3) is 0 Å². The van der Waals surface area contributed by atoms with E-state index in [1.807, 2.05) is 0 Å². The summed E-state index contributed by atoms with van der Waals surface area (Å²) in [5.74, 6) is 0. The lowest BCUT2D eigenvalue weighted by molar-refractivity contribution is 0.221. The van der Waals surface area contributed by atoms with Crippen LogP contribution in [0.3, 0.4) is 0 Å². The van der Waals surface area contributed by atoms with E-state index in [2.05, 4.69) is 0 Å². The van der Waals surface area contributed by atoms with Crippen LogP contribution in [0.2, 0.25) is 0 Å². The maximum absolute atomic E-state index is 13.6. The topological polar surface area (TPSA) is 0 Å². The first-order valence-electron chi connectivity index (χ1n) is 3.38. The lowest BCUT2D eigenvalue weighted by Crippen LogP contribution is -2.58. The predicted molar refractivity (Wildman–Crippen MR) is 57.9 cm³/mol. The minimum atomic E-state index is -2.33. The molecule has 0 spiro atoms. The first kappa shape index (κ1) is 12.7. The second-order valence-corrected chi connectivity index (χ2v) is 5.84. The van der Waals surface area contributed by atoms with Crippen LogP contribution in [0.1, 0.15) is 0 Å². The molecular weight excluding hydrogens is 304 g/mol. The highest BCUT2D eigenvalue weighted by Gasteiger charge is 2.57. The zero-order valence-corrected chi connectivity index (χ0v) is 10.6. The van der Waals surface area contributed by atoms with Gasteiger partial charge in [-0.3, -0.25) is 0 Å². The Morgan fingerprint density at radius 1 is 0.769 bits per heavy atom. The first-order chi connectivity index (χ1) is 5.80. The van der Waals surface area contributed by atoms with E-state index in [-0.39, 0.29) is 0 Å². The molecular formula is C6H5Cl6F. The van der Waals surface area contributed by atoms with Crippen LogP contribution in [-0.2, 0) is 0 Å². The van der Waals surface area contributed by atoms with Crippen LogP contribution in [0.5, 0.6) is 0 Å². The van der Waals surface area contributed by atoms with Crippen molar-refractivity contribution < 1.29 is 4.39 Å². The van der Waals surface area contributed by atoms with E-state index in [0.29, 0.717) is 0 Å². The Morgan fingerprint density at radius 3 is 1.38 bits per heavy atom. The molecule has 0 saturated heterocycles. The molecule has 13 heavy (non-hydrogen) atoms. The first-order valence-corrected chi connectivity index (χ1v) is 5.94. The fourth-order valence-electron chi connectivity index (χ4n) is 1.08. The number of hydrogen-bond acceptors (Lipinski definition) is 0. The summed E-state index contributed by atoms with van der Waals surface area (Å²) >= 11 is 34.0. The van der Waals surface area contributed by atoms with Gasteiger partial charge in [-0.25, -0.2) is 4.39 Å². The van der Waals surface area contributed by atoms with Crippen molar-refractivity contribution in [2.24, 2.45) is 0 Å².